The first-order valence-corrected chi connectivity index (χ1v) is 12.2. The van der Waals surface area contributed by atoms with Crippen molar-refractivity contribution >= 4 is 21.6 Å². The van der Waals surface area contributed by atoms with Gasteiger partial charge in [-0.25, -0.2) is 4.98 Å². The standard InChI is InChI=1S/C27H33NS/c1-16-7-6-8-18(13-16)24-21-15-19(27(3,4)5)10-12-22(21)28-26-25(24)20-11-9-17(2)14-23(20)29-26/h6-8,13,17,19H,9-12,14-15H2,1-5H3. The van der Waals surface area contributed by atoms with Crippen molar-refractivity contribution < 1.29 is 0 Å². The van der Waals surface area contributed by atoms with E-state index in [1.165, 1.54) is 64.7 Å². The summed E-state index contributed by atoms with van der Waals surface area (Å²) in [5.41, 5.74) is 9.17. The minimum absolute atomic E-state index is 0.347. The molecule has 29 heavy (non-hydrogen) atoms. The lowest BCUT2D eigenvalue weighted by atomic mass is 9.70. The molecule has 0 fully saturated rings. The molecule has 0 N–H and O–H groups in total. The fourth-order valence-electron chi connectivity index (χ4n) is 5.50. The normalized spacial score (nSPS) is 21.8. The lowest BCUT2D eigenvalue weighted by Crippen LogP contribution is -2.28. The van der Waals surface area contributed by atoms with E-state index < -0.39 is 0 Å². The average Bonchev–Trinajstić information content (AvgIpc) is 3.01. The Balaban J connectivity index is 1.80. The number of fused-ring (bicyclic) bond motifs is 4. The topological polar surface area (TPSA) is 12.9 Å². The van der Waals surface area contributed by atoms with Crippen LogP contribution in [0.5, 0.6) is 0 Å². The molecule has 2 aromatic heterocycles. The summed E-state index contributed by atoms with van der Waals surface area (Å²) in [7, 11) is 0. The van der Waals surface area contributed by atoms with Crippen molar-refractivity contribution in [3.05, 3.63) is 51.5 Å². The molecule has 1 aromatic carbocycles. The number of thiophene rings is 1. The number of rotatable bonds is 1. The molecule has 2 atom stereocenters. The lowest BCUT2D eigenvalue weighted by molar-refractivity contribution is 0.215. The van der Waals surface area contributed by atoms with Crippen molar-refractivity contribution in [1.29, 1.82) is 0 Å². The Labute approximate surface area is 179 Å². The van der Waals surface area contributed by atoms with Gasteiger partial charge < -0.3 is 0 Å². The van der Waals surface area contributed by atoms with Gasteiger partial charge in [0.2, 0.25) is 0 Å². The molecule has 0 bridgehead atoms. The molecule has 0 spiro atoms. The van der Waals surface area contributed by atoms with Gasteiger partial charge in [-0.05, 0) is 85.0 Å². The summed E-state index contributed by atoms with van der Waals surface area (Å²) in [6.45, 7) is 11.9. The molecule has 5 rings (SSSR count). The van der Waals surface area contributed by atoms with Crippen molar-refractivity contribution in [2.45, 2.75) is 73.1 Å². The fourth-order valence-corrected chi connectivity index (χ4v) is 6.91. The first kappa shape index (κ1) is 19.3. The maximum absolute atomic E-state index is 5.29. The number of pyridine rings is 1. The van der Waals surface area contributed by atoms with Gasteiger partial charge in [0.05, 0.1) is 0 Å². The van der Waals surface area contributed by atoms with Crippen molar-refractivity contribution in [1.82, 2.24) is 4.98 Å². The van der Waals surface area contributed by atoms with E-state index in [1.54, 1.807) is 16.0 Å². The van der Waals surface area contributed by atoms with Crippen LogP contribution in [0.2, 0.25) is 0 Å². The molecular weight excluding hydrogens is 370 g/mol. The SMILES string of the molecule is Cc1cccc(-c2c3c(nc4sc5c(c24)CCC(C)C5)CCC(C(C)(C)C)C3)c1. The molecule has 2 unspecified atom stereocenters. The zero-order valence-electron chi connectivity index (χ0n) is 18.6. The van der Waals surface area contributed by atoms with Crippen LogP contribution in [0.3, 0.4) is 0 Å². The second kappa shape index (κ2) is 6.94. The van der Waals surface area contributed by atoms with Crippen LogP contribution >= 0.6 is 11.3 Å². The Morgan fingerprint density at radius 1 is 1.03 bits per heavy atom. The van der Waals surface area contributed by atoms with E-state index in [-0.39, 0.29) is 0 Å². The summed E-state index contributed by atoms with van der Waals surface area (Å²) in [5.74, 6) is 1.53. The van der Waals surface area contributed by atoms with Gasteiger partial charge in [-0.1, -0.05) is 57.5 Å². The summed E-state index contributed by atoms with van der Waals surface area (Å²) >= 11 is 1.98. The molecule has 0 aliphatic heterocycles. The van der Waals surface area contributed by atoms with Gasteiger partial charge in [-0.3, -0.25) is 0 Å². The van der Waals surface area contributed by atoms with E-state index in [9.17, 15) is 0 Å². The maximum atomic E-state index is 5.29. The van der Waals surface area contributed by atoms with Crippen molar-refractivity contribution in [3.8, 4) is 11.1 Å². The Morgan fingerprint density at radius 2 is 1.86 bits per heavy atom. The predicted molar refractivity (Wildman–Crippen MR) is 126 cm³/mol. The van der Waals surface area contributed by atoms with Gasteiger partial charge in [-0.2, -0.15) is 0 Å². The van der Waals surface area contributed by atoms with Crippen LogP contribution in [-0.4, -0.2) is 4.98 Å². The van der Waals surface area contributed by atoms with Crippen LogP contribution in [0.15, 0.2) is 24.3 Å². The minimum Gasteiger partial charge on any atom is -0.242 e. The molecule has 1 nitrogen and oxygen atoms in total. The van der Waals surface area contributed by atoms with E-state index in [0.29, 0.717) is 5.41 Å². The summed E-state index contributed by atoms with van der Waals surface area (Å²) in [4.78, 5) is 8.20. The zero-order valence-corrected chi connectivity index (χ0v) is 19.4. The second-order valence-corrected chi connectivity index (χ2v) is 11.7. The van der Waals surface area contributed by atoms with Crippen LogP contribution in [0.4, 0.5) is 0 Å². The monoisotopic (exact) mass is 403 g/mol. The lowest BCUT2D eigenvalue weighted by Gasteiger charge is -2.35. The molecule has 0 amide bonds. The van der Waals surface area contributed by atoms with Gasteiger partial charge in [0, 0.05) is 16.0 Å². The average molecular weight is 404 g/mol. The Hall–Kier alpha value is -1.67. The molecule has 2 heterocycles. The largest absolute Gasteiger partial charge is 0.242 e. The molecule has 3 aromatic rings. The number of aromatic nitrogens is 1. The highest BCUT2D eigenvalue weighted by Gasteiger charge is 2.33. The Bertz CT molecular complexity index is 1080. The number of hydrogen-bond acceptors (Lipinski definition) is 2. The summed E-state index contributed by atoms with van der Waals surface area (Å²) in [6.07, 6.45) is 7.34. The van der Waals surface area contributed by atoms with Gasteiger partial charge in [-0.15, -0.1) is 11.3 Å². The first-order chi connectivity index (χ1) is 13.8. The second-order valence-electron chi connectivity index (χ2n) is 10.6. The van der Waals surface area contributed by atoms with Crippen LogP contribution in [0.25, 0.3) is 21.3 Å². The molecule has 2 aliphatic carbocycles. The van der Waals surface area contributed by atoms with E-state index in [4.69, 9.17) is 4.98 Å². The van der Waals surface area contributed by atoms with Gasteiger partial charge in [0.25, 0.3) is 0 Å². The number of benzene rings is 1. The quantitative estimate of drug-likeness (QED) is 0.409. The molecular formula is C27H33NS. The maximum Gasteiger partial charge on any atom is 0.124 e. The molecule has 152 valence electrons. The van der Waals surface area contributed by atoms with E-state index in [2.05, 4.69) is 58.9 Å². The highest BCUT2D eigenvalue weighted by atomic mass is 32.1. The Kier molecular flexibility index (Phi) is 4.62. The number of nitrogens with zero attached hydrogens (tertiary/aromatic N) is 1. The van der Waals surface area contributed by atoms with Gasteiger partial charge in [0.1, 0.15) is 4.83 Å². The highest BCUT2D eigenvalue weighted by molar-refractivity contribution is 7.19. The summed E-state index contributed by atoms with van der Waals surface area (Å²) < 4.78 is 0. The van der Waals surface area contributed by atoms with Gasteiger partial charge in [0.15, 0.2) is 0 Å². The van der Waals surface area contributed by atoms with E-state index in [1.807, 2.05) is 11.3 Å². The van der Waals surface area contributed by atoms with Crippen LogP contribution < -0.4 is 0 Å². The van der Waals surface area contributed by atoms with Crippen LogP contribution in [-0.2, 0) is 25.7 Å². The van der Waals surface area contributed by atoms with Crippen LogP contribution in [0.1, 0.15) is 67.8 Å². The Morgan fingerprint density at radius 3 is 2.62 bits per heavy atom. The van der Waals surface area contributed by atoms with Crippen molar-refractivity contribution in [3.63, 3.8) is 0 Å². The van der Waals surface area contributed by atoms with Gasteiger partial charge >= 0.3 is 0 Å². The molecule has 2 heteroatoms. The predicted octanol–water partition coefficient (Wildman–Crippen LogP) is 7.55. The highest BCUT2D eigenvalue weighted by Crippen LogP contribution is 2.47. The molecule has 0 saturated heterocycles. The summed E-state index contributed by atoms with van der Waals surface area (Å²) in [6, 6.07) is 9.18. The van der Waals surface area contributed by atoms with Crippen molar-refractivity contribution in [2.24, 2.45) is 17.3 Å². The van der Waals surface area contributed by atoms with Crippen molar-refractivity contribution in [2.75, 3.05) is 0 Å². The van der Waals surface area contributed by atoms with Crippen LogP contribution in [0, 0.1) is 24.2 Å². The minimum atomic E-state index is 0.347. The first-order valence-electron chi connectivity index (χ1n) is 11.3. The smallest absolute Gasteiger partial charge is 0.124 e. The third-order valence-electron chi connectivity index (χ3n) is 7.34. The van der Waals surface area contributed by atoms with E-state index in [0.717, 1.165) is 18.3 Å². The molecule has 0 radical (unpaired) electrons. The number of aryl methyl sites for hydroxylation is 3. The van der Waals surface area contributed by atoms with E-state index >= 15 is 0 Å². The molecule has 2 aliphatic rings. The summed E-state index contributed by atoms with van der Waals surface area (Å²) in [5, 5.41) is 1.50. The molecule has 0 saturated carbocycles. The fraction of sp³-hybridized carbons (Fsp3) is 0.519. The zero-order chi connectivity index (χ0) is 20.3. The third kappa shape index (κ3) is 3.34. The third-order valence-corrected chi connectivity index (χ3v) is 8.49. The number of hydrogen-bond donors (Lipinski definition) is 0.